The van der Waals surface area contributed by atoms with Gasteiger partial charge in [0.1, 0.15) is 4.88 Å². The maximum atomic E-state index is 13.0. The van der Waals surface area contributed by atoms with E-state index in [4.69, 9.17) is 4.52 Å². The van der Waals surface area contributed by atoms with Crippen molar-refractivity contribution >= 4 is 22.2 Å². The van der Waals surface area contributed by atoms with Crippen molar-refractivity contribution in [1.82, 2.24) is 19.7 Å². The molecule has 28 heavy (non-hydrogen) atoms. The minimum atomic E-state index is -4.51. The molecule has 0 bridgehead atoms. The number of aromatic nitrogens is 4. The molecule has 0 fully saturated rings. The average Bonchev–Trinajstić information content (AvgIpc) is 3.30. The molecule has 0 saturated heterocycles. The third-order valence-corrected chi connectivity index (χ3v) is 5.05. The van der Waals surface area contributed by atoms with Gasteiger partial charge in [-0.1, -0.05) is 17.3 Å². The first-order valence-corrected chi connectivity index (χ1v) is 8.92. The fourth-order valence-electron chi connectivity index (χ4n) is 2.84. The Morgan fingerprint density at radius 3 is 2.75 bits per heavy atom. The Labute approximate surface area is 158 Å². The summed E-state index contributed by atoms with van der Waals surface area (Å²) in [5, 5.41) is 5.27. The van der Waals surface area contributed by atoms with E-state index in [0.717, 1.165) is 0 Å². The first-order valence-electron chi connectivity index (χ1n) is 8.04. The summed E-state index contributed by atoms with van der Waals surface area (Å²) in [6.07, 6.45) is -4.40. The van der Waals surface area contributed by atoms with E-state index < -0.39 is 22.3 Å². The molecule has 7 nitrogen and oxygen atoms in total. The van der Waals surface area contributed by atoms with Gasteiger partial charge in [-0.2, -0.15) is 18.2 Å². The van der Waals surface area contributed by atoms with E-state index in [2.05, 4.69) is 15.1 Å². The van der Waals surface area contributed by atoms with E-state index >= 15 is 0 Å². The van der Waals surface area contributed by atoms with E-state index in [9.17, 15) is 22.8 Å². The van der Waals surface area contributed by atoms with Gasteiger partial charge in [-0.15, -0.1) is 11.3 Å². The van der Waals surface area contributed by atoms with Crippen molar-refractivity contribution in [2.24, 2.45) is 0 Å². The van der Waals surface area contributed by atoms with Crippen LogP contribution in [0.3, 0.4) is 0 Å². The van der Waals surface area contributed by atoms with Gasteiger partial charge in [-0.25, -0.2) is 4.79 Å². The lowest BCUT2D eigenvalue weighted by atomic mass is 10.2. The van der Waals surface area contributed by atoms with Gasteiger partial charge >= 0.3 is 11.9 Å². The first-order chi connectivity index (χ1) is 13.3. The second-order valence-electron chi connectivity index (χ2n) is 5.85. The highest BCUT2D eigenvalue weighted by atomic mass is 32.1. The molecule has 1 N–H and O–H groups in total. The molecule has 0 amide bonds. The molecule has 0 atom stereocenters. The van der Waals surface area contributed by atoms with Gasteiger partial charge in [-0.3, -0.25) is 14.3 Å². The zero-order chi connectivity index (χ0) is 19.9. The van der Waals surface area contributed by atoms with E-state index in [0.29, 0.717) is 22.2 Å². The summed E-state index contributed by atoms with van der Waals surface area (Å²) in [5.41, 5.74) is -0.804. The monoisotopic (exact) mass is 408 g/mol. The first kappa shape index (κ1) is 18.2. The minimum Gasteiger partial charge on any atom is -0.339 e. The molecule has 3 heterocycles. The molecule has 0 aliphatic carbocycles. The number of nitrogens with one attached hydrogen (secondary N) is 1. The third kappa shape index (κ3) is 3.24. The topological polar surface area (TPSA) is 93.8 Å². The van der Waals surface area contributed by atoms with Crippen LogP contribution in [-0.4, -0.2) is 19.7 Å². The Hall–Kier alpha value is -3.21. The second-order valence-corrected chi connectivity index (χ2v) is 6.77. The summed E-state index contributed by atoms with van der Waals surface area (Å²) in [7, 11) is 0. The van der Waals surface area contributed by atoms with Crippen LogP contribution >= 0.6 is 11.3 Å². The van der Waals surface area contributed by atoms with Gasteiger partial charge in [0, 0.05) is 18.5 Å². The van der Waals surface area contributed by atoms with Crippen molar-refractivity contribution in [3.63, 3.8) is 0 Å². The van der Waals surface area contributed by atoms with Crippen LogP contribution in [0.25, 0.3) is 22.3 Å². The quantitative estimate of drug-likeness (QED) is 0.560. The summed E-state index contributed by atoms with van der Waals surface area (Å²) < 4.78 is 45.5. The molecule has 11 heteroatoms. The molecule has 144 valence electrons. The standard InChI is InChI=1S/C17H11F3N4O3S/c18-17(19,20)13-10(6-8-28-13)14-21-12(27-23-14)5-7-24-11-4-2-1-3-9(11)15(25)22-16(24)26/h1-4,6,8H,5,7H2,(H,22,25,26). The number of alkyl halides is 3. The minimum absolute atomic E-state index is 0.0801. The number of hydrogen-bond donors (Lipinski definition) is 1. The summed E-state index contributed by atoms with van der Waals surface area (Å²) in [6, 6.07) is 7.87. The number of rotatable bonds is 4. The number of thiophene rings is 1. The fraction of sp³-hybridized carbons (Fsp3) is 0.176. The van der Waals surface area contributed by atoms with Crippen molar-refractivity contribution in [2.75, 3.05) is 0 Å². The Kier molecular flexibility index (Phi) is 4.38. The predicted molar refractivity (Wildman–Crippen MR) is 95.1 cm³/mol. The molecular formula is C17H11F3N4O3S. The molecule has 4 rings (SSSR count). The third-order valence-electron chi connectivity index (χ3n) is 4.09. The highest BCUT2D eigenvalue weighted by molar-refractivity contribution is 7.10. The Balaban J connectivity index is 1.62. The van der Waals surface area contributed by atoms with Crippen molar-refractivity contribution < 1.29 is 17.7 Å². The Morgan fingerprint density at radius 1 is 1.18 bits per heavy atom. The van der Waals surface area contributed by atoms with Crippen LogP contribution in [0.5, 0.6) is 0 Å². The lowest BCUT2D eigenvalue weighted by Gasteiger charge is -2.07. The lowest BCUT2D eigenvalue weighted by Crippen LogP contribution is -2.30. The van der Waals surface area contributed by atoms with Crippen LogP contribution in [0.4, 0.5) is 13.2 Å². The summed E-state index contributed by atoms with van der Waals surface area (Å²) in [4.78, 5) is 29.5. The molecule has 0 aliphatic rings. The molecule has 0 saturated carbocycles. The van der Waals surface area contributed by atoms with E-state index in [1.807, 2.05) is 0 Å². The Bertz CT molecular complexity index is 1270. The zero-order valence-corrected chi connectivity index (χ0v) is 14.8. The van der Waals surface area contributed by atoms with Crippen molar-refractivity contribution in [3.05, 3.63) is 67.3 Å². The normalized spacial score (nSPS) is 12.0. The van der Waals surface area contributed by atoms with Gasteiger partial charge in [0.15, 0.2) is 0 Å². The summed E-state index contributed by atoms with van der Waals surface area (Å²) in [6.45, 7) is 0.105. The highest BCUT2D eigenvalue weighted by Crippen LogP contribution is 2.39. The largest absolute Gasteiger partial charge is 0.426 e. The van der Waals surface area contributed by atoms with Crippen LogP contribution < -0.4 is 11.2 Å². The number of fused-ring (bicyclic) bond motifs is 1. The average molecular weight is 408 g/mol. The predicted octanol–water partition coefficient (Wildman–Crippen LogP) is 3.06. The molecule has 4 aromatic rings. The van der Waals surface area contributed by atoms with Gasteiger partial charge in [0.2, 0.25) is 11.7 Å². The van der Waals surface area contributed by atoms with Crippen molar-refractivity contribution in [3.8, 4) is 11.4 Å². The lowest BCUT2D eigenvalue weighted by molar-refractivity contribution is -0.133. The molecule has 0 spiro atoms. The van der Waals surface area contributed by atoms with Gasteiger partial charge in [0.05, 0.1) is 10.9 Å². The maximum Gasteiger partial charge on any atom is 0.426 e. The number of nitrogens with zero attached hydrogens (tertiary/aromatic N) is 3. The number of halogens is 3. The van der Waals surface area contributed by atoms with E-state index in [1.54, 1.807) is 24.3 Å². The number of aromatic amines is 1. The van der Waals surface area contributed by atoms with Gasteiger partial charge in [-0.05, 0) is 23.6 Å². The number of hydrogen-bond acceptors (Lipinski definition) is 6. The molecule has 0 unspecified atom stereocenters. The second kappa shape index (κ2) is 6.75. The van der Waals surface area contributed by atoms with Crippen LogP contribution in [0.2, 0.25) is 0 Å². The summed E-state index contributed by atoms with van der Waals surface area (Å²) in [5.74, 6) is -0.0845. The number of aryl methyl sites for hydroxylation is 2. The van der Waals surface area contributed by atoms with Gasteiger partial charge in [0.25, 0.3) is 5.56 Å². The van der Waals surface area contributed by atoms with Gasteiger partial charge < -0.3 is 4.52 Å². The van der Waals surface area contributed by atoms with Crippen molar-refractivity contribution in [2.45, 2.75) is 19.1 Å². The highest BCUT2D eigenvalue weighted by Gasteiger charge is 2.36. The summed E-state index contributed by atoms with van der Waals surface area (Å²) >= 11 is 0.550. The van der Waals surface area contributed by atoms with Crippen molar-refractivity contribution in [1.29, 1.82) is 0 Å². The molecule has 3 aromatic heterocycles. The molecular weight excluding hydrogens is 397 g/mol. The fourth-order valence-corrected chi connectivity index (χ4v) is 3.60. The van der Waals surface area contributed by atoms with Crippen LogP contribution in [0.1, 0.15) is 10.8 Å². The Morgan fingerprint density at radius 2 is 1.96 bits per heavy atom. The zero-order valence-electron chi connectivity index (χ0n) is 14.0. The maximum absolute atomic E-state index is 13.0. The van der Waals surface area contributed by atoms with Crippen LogP contribution in [0.15, 0.2) is 49.8 Å². The molecule has 1 aromatic carbocycles. The van der Waals surface area contributed by atoms with Crippen LogP contribution in [-0.2, 0) is 19.1 Å². The molecule has 0 aliphatic heterocycles. The smallest absolute Gasteiger partial charge is 0.339 e. The number of benzene rings is 1. The van der Waals surface area contributed by atoms with E-state index in [1.165, 1.54) is 16.0 Å². The van der Waals surface area contributed by atoms with E-state index in [-0.39, 0.29) is 30.2 Å². The number of H-pyrrole nitrogens is 1. The SMILES string of the molecule is O=c1[nH]c(=O)n(CCc2nc(-c3ccsc3C(F)(F)F)no2)c2ccccc12. The van der Waals surface area contributed by atoms with Crippen LogP contribution in [0, 0.1) is 0 Å². The number of para-hydroxylation sites is 1. The molecule has 0 radical (unpaired) electrons.